The number of aliphatic imine (C=N–C) groups is 1. The van der Waals surface area contributed by atoms with Gasteiger partial charge in [-0.05, 0) is 69.3 Å². The fourth-order valence-electron chi connectivity index (χ4n) is 2.98. The minimum atomic E-state index is -0.326. The van der Waals surface area contributed by atoms with E-state index < -0.39 is 0 Å². The van der Waals surface area contributed by atoms with Crippen molar-refractivity contribution >= 4 is 17.9 Å². The summed E-state index contributed by atoms with van der Waals surface area (Å²) in [5.74, 6) is -0.635. The minimum absolute atomic E-state index is 0.309. The molecule has 3 aromatic rings. The normalized spacial score (nSPS) is 11.1. The van der Waals surface area contributed by atoms with Crippen LogP contribution in [0.15, 0.2) is 59.6 Å². The number of benzene rings is 2. The molecule has 0 aliphatic heterocycles. The Hall–Kier alpha value is -3.21. The molecule has 5 heteroatoms. The van der Waals surface area contributed by atoms with Gasteiger partial charge in [0.15, 0.2) is 0 Å². The van der Waals surface area contributed by atoms with E-state index >= 15 is 0 Å². The molecule has 2 aromatic carbocycles. The van der Waals surface area contributed by atoms with Crippen molar-refractivity contribution in [1.82, 2.24) is 4.57 Å². The third-order valence-corrected chi connectivity index (χ3v) is 4.27. The van der Waals surface area contributed by atoms with Gasteiger partial charge in [-0.25, -0.2) is 9.18 Å². The average molecular weight is 364 g/mol. The number of hydrogen-bond donors (Lipinski definition) is 0. The van der Waals surface area contributed by atoms with E-state index in [0.717, 1.165) is 22.6 Å². The molecule has 0 bridgehead atoms. The van der Waals surface area contributed by atoms with Crippen LogP contribution >= 0.6 is 0 Å². The summed E-state index contributed by atoms with van der Waals surface area (Å²) >= 11 is 0. The molecule has 0 fully saturated rings. The summed E-state index contributed by atoms with van der Waals surface area (Å²) in [6.45, 7) is 6.14. The lowest BCUT2D eigenvalue weighted by atomic mass is 10.2. The number of aromatic nitrogens is 1. The third kappa shape index (κ3) is 4.14. The van der Waals surface area contributed by atoms with Gasteiger partial charge in [-0.1, -0.05) is 6.07 Å². The van der Waals surface area contributed by atoms with Crippen LogP contribution in [0.4, 0.5) is 10.1 Å². The molecule has 0 aliphatic rings. The van der Waals surface area contributed by atoms with Gasteiger partial charge >= 0.3 is 5.97 Å². The smallest absolute Gasteiger partial charge is 0.338 e. The zero-order valence-corrected chi connectivity index (χ0v) is 15.6. The van der Waals surface area contributed by atoms with Crippen molar-refractivity contribution in [3.05, 3.63) is 82.9 Å². The second-order valence-corrected chi connectivity index (χ2v) is 6.17. The Morgan fingerprint density at radius 3 is 2.56 bits per heavy atom. The average Bonchev–Trinajstić information content (AvgIpc) is 2.94. The van der Waals surface area contributed by atoms with E-state index in [9.17, 15) is 9.18 Å². The topological polar surface area (TPSA) is 43.6 Å². The predicted octanol–water partition coefficient (Wildman–Crippen LogP) is 5.16. The largest absolute Gasteiger partial charge is 0.462 e. The molecular formula is C22H21FN2O2. The fraction of sp³-hybridized carbons (Fsp3) is 0.182. The van der Waals surface area contributed by atoms with Gasteiger partial charge < -0.3 is 9.30 Å². The van der Waals surface area contributed by atoms with Crippen molar-refractivity contribution < 1.29 is 13.9 Å². The zero-order chi connectivity index (χ0) is 19.4. The maximum Gasteiger partial charge on any atom is 0.338 e. The van der Waals surface area contributed by atoms with Gasteiger partial charge in [0.05, 0.1) is 17.9 Å². The molecule has 0 spiro atoms. The molecule has 0 amide bonds. The predicted molar refractivity (Wildman–Crippen MR) is 105 cm³/mol. The van der Waals surface area contributed by atoms with Crippen LogP contribution in [-0.4, -0.2) is 23.4 Å². The molecule has 0 radical (unpaired) electrons. The van der Waals surface area contributed by atoms with Crippen LogP contribution in [0.1, 0.15) is 34.2 Å². The number of carbonyl (C=O) groups excluding carboxylic acids is 1. The zero-order valence-electron chi connectivity index (χ0n) is 15.6. The van der Waals surface area contributed by atoms with Crippen LogP contribution in [0.2, 0.25) is 0 Å². The lowest BCUT2D eigenvalue weighted by molar-refractivity contribution is 0.0526. The maximum atomic E-state index is 13.3. The van der Waals surface area contributed by atoms with E-state index in [-0.39, 0.29) is 11.8 Å². The summed E-state index contributed by atoms with van der Waals surface area (Å²) < 4.78 is 20.4. The van der Waals surface area contributed by atoms with Gasteiger partial charge in [0, 0.05) is 28.9 Å². The first-order chi connectivity index (χ1) is 13.0. The Morgan fingerprint density at radius 1 is 1.15 bits per heavy atom. The van der Waals surface area contributed by atoms with Crippen LogP contribution < -0.4 is 0 Å². The first-order valence-corrected chi connectivity index (χ1v) is 8.75. The highest BCUT2D eigenvalue weighted by molar-refractivity contribution is 5.89. The van der Waals surface area contributed by atoms with Gasteiger partial charge in [-0.3, -0.25) is 4.99 Å². The van der Waals surface area contributed by atoms with Crippen molar-refractivity contribution in [2.75, 3.05) is 6.61 Å². The Balaban J connectivity index is 1.88. The molecule has 1 heterocycles. The van der Waals surface area contributed by atoms with Gasteiger partial charge in [0.25, 0.3) is 0 Å². The number of esters is 1. The molecule has 0 saturated heterocycles. The summed E-state index contributed by atoms with van der Waals surface area (Å²) in [6, 6.07) is 15.5. The van der Waals surface area contributed by atoms with Crippen molar-refractivity contribution in [3.8, 4) is 5.69 Å². The second kappa shape index (κ2) is 7.99. The maximum absolute atomic E-state index is 13.3. The van der Waals surface area contributed by atoms with Crippen molar-refractivity contribution in [3.63, 3.8) is 0 Å². The van der Waals surface area contributed by atoms with E-state index in [4.69, 9.17) is 4.74 Å². The lowest BCUT2D eigenvalue weighted by Crippen LogP contribution is -2.05. The molecule has 0 atom stereocenters. The first kappa shape index (κ1) is 18.6. The fourth-order valence-corrected chi connectivity index (χ4v) is 2.98. The van der Waals surface area contributed by atoms with Gasteiger partial charge in [0.2, 0.25) is 0 Å². The Bertz CT molecular complexity index is 988. The SMILES string of the molecule is CCOC(=O)c1ccc(-n2c(C)cc(C=Nc3cccc(F)c3)c2C)cc1. The van der Waals surface area contributed by atoms with E-state index in [2.05, 4.69) is 9.56 Å². The van der Waals surface area contributed by atoms with Gasteiger partial charge in [-0.2, -0.15) is 0 Å². The number of hydrogen-bond acceptors (Lipinski definition) is 3. The molecule has 0 unspecified atom stereocenters. The number of aryl methyl sites for hydroxylation is 1. The van der Waals surface area contributed by atoms with Crippen LogP contribution in [0.3, 0.4) is 0 Å². The monoisotopic (exact) mass is 364 g/mol. The third-order valence-electron chi connectivity index (χ3n) is 4.27. The summed E-state index contributed by atoms with van der Waals surface area (Å²) in [6.07, 6.45) is 1.74. The van der Waals surface area contributed by atoms with Gasteiger partial charge in [-0.15, -0.1) is 0 Å². The Kier molecular flexibility index (Phi) is 5.50. The molecule has 27 heavy (non-hydrogen) atoms. The molecule has 0 N–H and O–H groups in total. The van der Waals surface area contributed by atoms with Crippen LogP contribution in [0.25, 0.3) is 5.69 Å². The standard InChI is InChI=1S/C22H21FN2O2/c1-4-27-22(26)17-8-10-21(11-9-17)25-15(2)12-18(16(25)3)14-24-20-7-5-6-19(23)13-20/h5-14H,4H2,1-3H3. The van der Waals surface area contributed by atoms with E-state index in [0.29, 0.717) is 17.9 Å². The highest BCUT2D eigenvalue weighted by Gasteiger charge is 2.11. The number of carbonyl (C=O) groups is 1. The summed E-state index contributed by atoms with van der Waals surface area (Å²) in [5, 5.41) is 0. The molecule has 138 valence electrons. The van der Waals surface area contributed by atoms with Crippen LogP contribution in [0.5, 0.6) is 0 Å². The van der Waals surface area contributed by atoms with E-state index in [1.165, 1.54) is 12.1 Å². The quantitative estimate of drug-likeness (QED) is 0.464. The first-order valence-electron chi connectivity index (χ1n) is 8.75. The van der Waals surface area contributed by atoms with Crippen LogP contribution in [0, 0.1) is 19.7 Å². The summed E-state index contributed by atoms with van der Waals surface area (Å²) in [5.41, 5.74) is 5.04. The van der Waals surface area contributed by atoms with Crippen molar-refractivity contribution in [1.29, 1.82) is 0 Å². The van der Waals surface area contributed by atoms with E-state index in [1.807, 2.05) is 32.0 Å². The highest BCUT2D eigenvalue weighted by atomic mass is 19.1. The molecule has 1 aromatic heterocycles. The van der Waals surface area contributed by atoms with Gasteiger partial charge in [0.1, 0.15) is 5.82 Å². The Morgan fingerprint density at radius 2 is 1.89 bits per heavy atom. The summed E-state index contributed by atoms with van der Waals surface area (Å²) in [7, 11) is 0. The number of rotatable bonds is 5. The second-order valence-electron chi connectivity index (χ2n) is 6.17. The highest BCUT2D eigenvalue weighted by Crippen LogP contribution is 2.21. The molecule has 0 aliphatic carbocycles. The van der Waals surface area contributed by atoms with E-state index in [1.54, 1.807) is 37.4 Å². The van der Waals surface area contributed by atoms with Crippen molar-refractivity contribution in [2.24, 2.45) is 4.99 Å². The van der Waals surface area contributed by atoms with Crippen molar-refractivity contribution in [2.45, 2.75) is 20.8 Å². The Labute approximate surface area is 157 Å². The molecule has 3 rings (SSSR count). The number of ether oxygens (including phenoxy) is 1. The number of nitrogens with zero attached hydrogens (tertiary/aromatic N) is 2. The minimum Gasteiger partial charge on any atom is -0.462 e. The summed E-state index contributed by atoms with van der Waals surface area (Å²) in [4.78, 5) is 16.2. The molecule has 4 nitrogen and oxygen atoms in total. The molecular weight excluding hydrogens is 343 g/mol. The van der Waals surface area contributed by atoms with Crippen LogP contribution in [-0.2, 0) is 4.74 Å². The molecule has 0 saturated carbocycles. The lowest BCUT2D eigenvalue weighted by Gasteiger charge is -2.10. The number of halogens is 1.